The van der Waals surface area contributed by atoms with Gasteiger partial charge in [-0.05, 0) is 101 Å². The van der Waals surface area contributed by atoms with Gasteiger partial charge < -0.3 is 40.6 Å². The van der Waals surface area contributed by atoms with Crippen molar-refractivity contribution in [3.63, 3.8) is 0 Å². The highest BCUT2D eigenvalue weighted by Crippen LogP contribution is 2.19. The molecule has 13 heteroatoms. The second kappa shape index (κ2) is 16.2. The molecule has 0 aromatic carbocycles. The molecule has 0 aliphatic carbocycles. The van der Waals surface area contributed by atoms with Crippen LogP contribution < -0.4 is 16.8 Å². The summed E-state index contributed by atoms with van der Waals surface area (Å²) >= 11 is 0. The predicted octanol–water partition coefficient (Wildman–Crippen LogP) is 3.46. The van der Waals surface area contributed by atoms with Crippen LogP contribution >= 0.6 is 0 Å². The second-order valence-electron chi connectivity index (χ2n) is 12.6. The van der Waals surface area contributed by atoms with Gasteiger partial charge in [0.1, 0.15) is 16.8 Å². The number of hydrogen-bond acceptors (Lipinski definition) is 10. The summed E-state index contributed by atoms with van der Waals surface area (Å²) in [5.41, 5.74) is 8.45. The first-order valence-electron chi connectivity index (χ1n) is 13.5. The van der Waals surface area contributed by atoms with Crippen LogP contribution in [0.4, 0.5) is 14.4 Å². The van der Waals surface area contributed by atoms with E-state index in [4.69, 9.17) is 25.7 Å². The zero-order valence-corrected chi connectivity index (χ0v) is 25.6. The number of amides is 3. The Morgan fingerprint density at radius 1 is 0.625 bits per heavy atom. The quantitative estimate of drug-likeness (QED) is 0.250. The number of ether oxygens (including phenoxy) is 4. The molecule has 232 valence electrons. The average molecular weight is 575 g/mol. The van der Waals surface area contributed by atoms with Gasteiger partial charge in [-0.3, -0.25) is 9.59 Å². The molecular weight excluding hydrogens is 524 g/mol. The van der Waals surface area contributed by atoms with Crippen molar-refractivity contribution in [2.24, 2.45) is 23.3 Å². The molecule has 2 heterocycles. The zero-order chi connectivity index (χ0) is 31.3. The van der Waals surface area contributed by atoms with Gasteiger partial charge in [-0.25, -0.2) is 14.4 Å². The molecule has 0 aromatic heterocycles. The number of nitrogens with zero attached hydrogens (tertiary/aromatic N) is 1. The standard InChI is InChI=1S/C11H20N2O3.C10H18O5.C6H12N2O/c1-11(2,3)16-10(15)13-6-4-8(5-7-13)9(12)14;1-9(2,3)14-7(11)13-8(12)15-10(4,5)6;7-6(9)5-1-3-8-4-2-5/h8H,4-7H2,1-3H3,(H2,12,14);1-6H3;5,8H,1-4H2,(H2,7,9). The first kappa shape index (κ1) is 36.9. The molecular formula is C27H50N4O9. The Morgan fingerprint density at radius 2 is 0.975 bits per heavy atom. The number of likely N-dealkylation sites (tertiary alicyclic amines) is 1. The van der Waals surface area contributed by atoms with Crippen molar-refractivity contribution in [2.45, 2.75) is 105 Å². The van der Waals surface area contributed by atoms with Crippen molar-refractivity contribution in [2.75, 3.05) is 26.2 Å². The maximum absolute atomic E-state index is 11.7. The van der Waals surface area contributed by atoms with Crippen LogP contribution in [-0.2, 0) is 28.5 Å². The van der Waals surface area contributed by atoms with Crippen LogP contribution in [0.3, 0.4) is 0 Å². The summed E-state index contributed by atoms with van der Waals surface area (Å²) in [6.07, 6.45) is 0.664. The molecule has 2 fully saturated rings. The molecule has 0 unspecified atom stereocenters. The zero-order valence-electron chi connectivity index (χ0n) is 25.6. The summed E-state index contributed by atoms with van der Waals surface area (Å²) in [6, 6.07) is 0. The molecule has 0 saturated carbocycles. The fourth-order valence-electron chi connectivity index (χ4n) is 3.39. The lowest BCUT2D eigenvalue weighted by atomic mass is 9.97. The minimum absolute atomic E-state index is 0.0984. The summed E-state index contributed by atoms with van der Waals surface area (Å²) in [5, 5.41) is 3.16. The molecule has 2 aliphatic rings. The summed E-state index contributed by atoms with van der Waals surface area (Å²) < 4.78 is 19.0. The average Bonchev–Trinajstić information content (AvgIpc) is 2.76. The Morgan fingerprint density at radius 3 is 1.27 bits per heavy atom. The number of carbonyl (C=O) groups is 5. The molecule has 0 spiro atoms. The van der Waals surface area contributed by atoms with Crippen LogP contribution in [0.1, 0.15) is 88.0 Å². The van der Waals surface area contributed by atoms with Crippen molar-refractivity contribution in [3.05, 3.63) is 0 Å². The Bertz CT molecular complexity index is 818. The van der Waals surface area contributed by atoms with Gasteiger partial charge in [-0.1, -0.05) is 0 Å². The fourth-order valence-corrected chi connectivity index (χ4v) is 3.39. The van der Waals surface area contributed by atoms with Crippen LogP contribution in [0.15, 0.2) is 0 Å². The van der Waals surface area contributed by atoms with Crippen molar-refractivity contribution < 1.29 is 42.9 Å². The number of nitrogens with one attached hydrogen (secondary N) is 1. The van der Waals surface area contributed by atoms with Gasteiger partial charge in [-0.2, -0.15) is 0 Å². The smallest absolute Gasteiger partial charge is 0.444 e. The normalized spacial score (nSPS) is 16.7. The van der Waals surface area contributed by atoms with E-state index in [0.29, 0.717) is 25.9 Å². The SMILES string of the molecule is CC(C)(C)OC(=O)N1CCC(C(N)=O)CC1.CC(C)(C)OC(=O)OC(=O)OC(C)(C)C.NC(=O)C1CCNCC1. The minimum Gasteiger partial charge on any atom is -0.444 e. The Labute approximate surface area is 237 Å². The van der Waals surface area contributed by atoms with E-state index in [1.807, 2.05) is 20.8 Å². The third kappa shape index (κ3) is 19.0. The van der Waals surface area contributed by atoms with Crippen LogP contribution in [0.5, 0.6) is 0 Å². The lowest BCUT2D eigenvalue weighted by Gasteiger charge is -2.32. The molecule has 0 bridgehead atoms. The highest BCUT2D eigenvalue weighted by molar-refractivity contribution is 5.78. The summed E-state index contributed by atoms with van der Waals surface area (Å²) in [6.45, 7) is 18.5. The number of primary amides is 2. The topological polar surface area (TPSA) is 190 Å². The number of piperidine rings is 2. The van der Waals surface area contributed by atoms with Crippen LogP contribution in [0.2, 0.25) is 0 Å². The molecule has 2 aliphatic heterocycles. The van der Waals surface area contributed by atoms with Crippen molar-refractivity contribution in [3.8, 4) is 0 Å². The molecule has 0 radical (unpaired) electrons. The van der Waals surface area contributed by atoms with Gasteiger partial charge in [0, 0.05) is 24.9 Å². The van der Waals surface area contributed by atoms with Gasteiger partial charge in [0.05, 0.1) is 0 Å². The van der Waals surface area contributed by atoms with E-state index in [2.05, 4.69) is 10.1 Å². The molecule has 13 nitrogen and oxygen atoms in total. The van der Waals surface area contributed by atoms with Gasteiger partial charge in [0.25, 0.3) is 0 Å². The van der Waals surface area contributed by atoms with Gasteiger partial charge in [-0.15, -0.1) is 0 Å². The molecule has 3 amide bonds. The van der Waals surface area contributed by atoms with E-state index in [1.54, 1.807) is 46.4 Å². The molecule has 0 aromatic rings. The third-order valence-electron chi connectivity index (χ3n) is 5.24. The fraction of sp³-hybridized carbons (Fsp3) is 0.815. The predicted molar refractivity (Wildman–Crippen MR) is 148 cm³/mol. The highest BCUT2D eigenvalue weighted by atomic mass is 16.8. The van der Waals surface area contributed by atoms with E-state index >= 15 is 0 Å². The Balaban J connectivity index is 0.000000592. The van der Waals surface area contributed by atoms with E-state index in [-0.39, 0.29) is 29.7 Å². The van der Waals surface area contributed by atoms with E-state index in [0.717, 1.165) is 25.9 Å². The first-order chi connectivity index (χ1) is 18.1. The molecule has 5 N–H and O–H groups in total. The summed E-state index contributed by atoms with van der Waals surface area (Å²) in [5.74, 6) is -0.384. The minimum atomic E-state index is -1.06. The monoisotopic (exact) mass is 574 g/mol. The molecule has 0 atom stereocenters. The molecule has 2 saturated heterocycles. The van der Waals surface area contributed by atoms with Gasteiger partial charge in [0.15, 0.2) is 0 Å². The third-order valence-corrected chi connectivity index (χ3v) is 5.24. The number of hydrogen-bond donors (Lipinski definition) is 3. The highest BCUT2D eigenvalue weighted by Gasteiger charge is 2.29. The maximum atomic E-state index is 11.7. The second-order valence-corrected chi connectivity index (χ2v) is 12.6. The number of nitrogens with two attached hydrogens (primary N) is 2. The Kier molecular flexibility index (Phi) is 15.0. The van der Waals surface area contributed by atoms with E-state index < -0.39 is 29.1 Å². The van der Waals surface area contributed by atoms with Gasteiger partial charge >= 0.3 is 18.4 Å². The van der Waals surface area contributed by atoms with Crippen molar-refractivity contribution in [1.29, 1.82) is 0 Å². The van der Waals surface area contributed by atoms with Crippen molar-refractivity contribution >= 4 is 30.2 Å². The number of carbonyl (C=O) groups excluding carboxylic acids is 5. The Hall–Kier alpha value is -3.09. The van der Waals surface area contributed by atoms with E-state index in [9.17, 15) is 24.0 Å². The van der Waals surface area contributed by atoms with E-state index in [1.165, 1.54) is 0 Å². The summed E-state index contributed by atoms with van der Waals surface area (Å²) in [7, 11) is 0. The largest absolute Gasteiger partial charge is 0.519 e. The first-order valence-corrected chi connectivity index (χ1v) is 13.5. The van der Waals surface area contributed by atoms with Crippen LogP contribution in [0.25, 0.3) is 0 Å². The van der Waals surface area contributed by atoms with Crippen LogP contribution in [-0.4, -0.2) is 78.1 Å². The number of rotatable bonds is 2. The lowest BCUT2D eigenvalue weighted by Crippen LogP contribution is -2.43. The molecule has 2 rings (SSSR count). The lowest BCUT2D eigenvalue weighted by molar-refractivity contribution is -0.123. The van der Waals surface area contributed by atoms with Crippen molar-refractivity contribution in [1.82, 2.24) is 10.2 Å². The molecule has 40 heavy (non-hydrogen) atoms. The maximum Gasteiger partial charge on any atom is 0.519 e. The van der Waals surface area contributed by atoms with Crippen LogP contribution in [0, 0.1) is 11.8 Å². The van der Waals surface area contributed by atoms with Gasteiger partial charge in [0.2, 0.25) is 11.8 Å². The summed E-state index contributed by atoms with van der Waals surface area (Å²) in [4.78, 5) is 56.8.